The van der Waals surface area contributed by atoms with Crippen molar-refractivity contribution in [1.29, 1.82) is 0 Å². The lowest BCUT2D eigenvalue weighted by atomic mass is 10.0. The lowest BCUT2D eigenvalue weighted by Crippen LogP contribution is -2.58. The number of guanidine groups is 1. The van der Waals surface area contributed by atoms with Gasteiger partial charge in [-0.2, -0.15) is 0 Å². The van der Waals surface area contributed by atoms with Crippen LogP contribution in [0.4, 0.5) is 0 Å². The number of rotatable bonds is 15. The summed E-state index contributed by atoms with van der Waals surface area (Å²) in [5, 5.41) is 21.9. The molecule has 230 valence electrons. The van der Waals surface area contributed by atoms with Gasteiger partial charge in [-0.25, -0.2) is 9.78 Å². The van der Waals surface area contributed by atoms with Crippen LogP contribution in [0, 0.1) is 0 Å². The molecule has 4 unspecified atom stereocenters. The fourth-order valence-electron chi connectivity index (χ4n) is 5.04. The molecule has 43 heavy (non-hydrogen) atoms. The van der Waals surface area contributed by atoms with E-state index < -0.39 is 42.0 Å². The van der Waals surface area contributed by atoms with E-state index in [2.05, 4.69) is 41.2 Å². The molecule has 0 aliphatic carbocycles. The van der Waals surface area contributed by atoms with Crippen LogP contribution in [0.1, 0.15) is 36.9 Å². The van der Waals surface area contributed by atoms with Crippen molar-refractivity contribution in [2.75, 3.05) is 13.1 Å². The molecule has 15 heteroatoms. The number of aliphatic imine (C=N–C) groups is 1. The third-order valence-electron chi connectivity index (χ3n) is 7.28. The highest BCUT2D eigenvalue weighted by Crippen LogP contribution is 2.19. The maximum Gasteiger partial charge on any atom is 0.326 e. The molecule has 0 bridgehead atoms. The van der Waals surface area contributed by atoms with Crippen LogP contribution in [0.2, 0.25) is 0 Å². The van der Waals surface area contributed by atoms with Crippen molar-refractivity contribution in [1.82, 2.24) is 36.2 Å². The van der Waals surface area contributed by atoms with Gasteiger partial charge in [-0.3, -0.25) is 19.4 Å². The number of carbonyl (C=O) groups is 4. The molecule has 4 atom stereocenters. The van der Waals surface area contributed by atoms with E-state index in [4.69, 9.17) is 11.5 Å². The summed E-state index contributed by atoms with van der Waals surface area (Å²) in [4.78, 5) is 66.1. The Morgan fingerprint density at radius 3 is 2.44 bits per heavy atom. The van der Waals surface area contributed by atoms with E-state index in [1.165, 1.54) is 12.5 Å². The van der Waals surface area contributed by atoms with Crippen LogP contribution < -0.4 is 32.7 Å². The van der Waals surface area contributed by atoms with E-state index in [0.29, 0.717) is 25.1 Å². The highest BCUT2D eigenvalue weighted by Gasteiger charge is 2.32. The molecule has 3 heterocycles. The first kappa shape index (κ1) is 31.0. The van der Waals surface area contributed by atoms with Crippen molar-refractivity contribution in [2.24, 2.45) is 16.5 Å². The SMILES string of the molecule is NC(N)=NCCCC(NC(=O)C(Cc1cnc[nH]1)NC(=O)C(Cc1c[nH]c2ccccc12)NC(=O)C1CCCN1)C(=O)O. The van der Waals surface area contributed by atoms with Gasteiger partial charge in [-0.15, -0.1) is 0 Å². The molecule has 0 radical (unpaired) electrons. The van der Waals surface area contributed by atoms with Crippen LogP contribution in [0.15, 0.2) is 48.0 Å². The molecule has 1 aliphatic heterocycles. The number of carbonyl (C=O) groups excluding carboxylic acids is 3. The fraction of sp³-hybridized carbons (Fsp3) is 0.429. The predicted molar refractivity (Wildman–Crippen MR) is 159 cm³/mol. The Labute approximate surface area is 247 Å². The van der Waals surface area contributed by atoms with Gasteiger partial charge < -0.3 is 47.8 Å². The first-order valence-corrected chi connectivity index (χ1v) is 14.2. The van der Waals surface area contributed by atoms with Gasteiger partial charge in [-0.05, 0) is 43.9 Å². The maximum absolute atomic E-state index is 13.8. The number of para-hydroxylation sites is 1. The molecular weight excluding hydrogens is 556 g/mol. The number of amides is 3. The van der Waals surface area contributed by atoms with E-state index in [1.807, 2.05) is 24.3 Å². The average molecular weight is 595 g/mol. The number of nitrogens with one attached hydrogen (secondary N) is 6. The van der Waals surface area contributed by atoms with Gasteiger partial charge in [0.25, 0.3) is 0 Å². The van der Waals surface area contributed by atoms with E-state index >= 15 is 0 Å². The van der Waals surface area contributed by atoms with E-state index in [1.54, 1.807) is 6.20 Å². The number of aliphatic carboxylic acids is 1. The molecule has 11 N–H and O–H groups in total. The summed E-state index contributed by atoms with van der Waals surface area (Å²) >= 11 is 0. The highest BCUT2D eigenvalue weighted by molar-refractivity contribution is 5.95. The summed E-state index contributed by atoms with van der Waals surface area (Å²) in [7, 11) is 0. The zero-order chi connectivity index (χ0) is 30.8. The van der Waals surface area contributed by atoms with E-state index in [9.17, 15) is 24.3 Å². The number of carboxylic acid groups (broad SMARTS) is 1. The molecule has 3 aromatic rings. The predicted octanol–water partition coefficient (Wildman–Crippen LogP) is -0.979. The van der Waals surface area contributed by atoms with Gasteiger partial charge in [0.05, 0.1) is 12.4 Å². The van der Waals surface area contributed by atoms with Gasteiger partial charge in [0, 0.05) is 48.4 Å². The largest absolute Gasteiger partial charge is 0.480 e. The molecular formula is C28H38N10O5. The number of hydrogen-bond donors (Lipinski definition) is 9. The van der Waals surface area contributed by atoms with Gasteiger partial charge in [0.2, 0.25) is 17.7 Å². The van der Waals surface area contributed by atoms with Crippen LogP contribution >= 0.6 is 0 Å². The number of nitrogens with two attached hydrogens (primary N) is 2. The van der Waals surface area contributed by atoms with Gasteiger partial charge in [-0.1, -0.05) is 18.2 Å². The second-order valence-corrected chi connectivity index (χ2v) is 10.5. The van der Waals surface area contributed by atoms with E-state index in [0.717, 1.165) is 22.9 Å². The number of hydrogen-bond acceptors (Lipinski definition) is 7. The summed E-state index contributed by atoms with van der Waals surface area (Å²) in [6.45, 7) is 0.905. The molecule has 1 aliphatic rings. The Kier molecular flexibility index (Phi) is 10.7. The number of nitrogens with zero attached hydrogens (tertiary/aromatic N) is 2. The normalized spacial score (nSPS) is 16.6. The smallest absolute Gasteiger partial charge is 0.326 e. The summed E-state index contributed by atoms with van der Waals surface area (Å²) in [5.41, 5.74) is 12.9. The van der Waals surface area contributed by atoms with Crippen molar-refractivity contribution in [3.05, 3.63) is 54.2 Å². The molecule has 1 fully saturated rings. The molecule has 1 saturated heterocycles. The zero-order valence-corrected chi connectivity index (χ0v) is 23.6. The summed E-state index contributed by atoms with van der Waals surface area (Å²) in [5.74, 6) is -2.95. The lowest BCUT2D eigenvalue weighted by molar-refractivity contribution is -0.142. The molecule has 0 saturated carbocycles. The maximum atomic E-state index is 13.8. The Morgan fingerprint density at radius 2 is 1.77 bits per heavy atom. The van der Waals surface area contributed by atoms with Crippen molar-refractivity contribution in [3.8, 4) is 0 Å². The highest BCUT2D eigenvalue weighted by atomic mass is 16.4. The molecule has 2 aromatic heterocycles. The summed E-state index contributed by atoms with van der Waals surface area (Å²) in [6.07, 6.45) is 6.78. The van der Waals surface area contributed by atoms with Crippen LogP contribution in [0.25, 0.3) is 10.9 Å². The summed E-state index contributed by atoms with van der Waals surface area (Å²) in [6, 6.07) is 3.78. The average Bonchev–Trinajstić information content (AvgIpc) is 3.76. The van der Waals surface area contributed by atoms with Crippen molar-refractivity contribution in [3.63, 3.8) is 0 Å². The first-order valence-electron chi connectivity index (χ1n) is 14.2. The molecule has 1 aromatic carbocycles. The Morgan fingerprint density at radius 1 is 1.02 bits per heavy atom. The molecule has 15 nitrogen and oxygen atoms in total. The Hall–Kier alpha value is -4.92. The third kappa shape index (κ3) is 8.78. The van der Waals surface area contributed by atoms with Crippen LogP contribution in [-0.4, -0.2) is 87.0 Å². The molecule has 4 rings (SSSR count). The van der Waals surface area contributed by atoms with Crippen LogP contribution in [0.5, 0.6) is 0 Å². The van der Waals surface area contributed by atoms with Crippen LogP contribution in [0.3, 0.4) is 0 Å². The monoisotopic (exact) mass is 594 g/mol. The van der Waals surface area contributed by atoms with Gasteiger partial charge >= 0.3 is 5.97 Å². The van der Waals surface area contributed by atoms with Gasteiger partial charge in [0.1, 0.15) is 18.1 Å². The third-order valence-corrected chi connectivity index (χ3v) is 7.28. The van der Waals surface area contributed by atoms with Gasteiger partial charge in [0.15, 0.2) is 5.96 Å². The zero-order valence-electron chi connectivity index (χ0n) is 23.6. The number of carboxylic acids is 1. The number of fused-ring (bicyclic) bond motifs is 1. The summed E-state index contributed by atoms with van der Waals surface area (Å²) < 4.78 is 0. The van der Waals surface area contributed by atoms with E-state index in [-0.39, 0.29) is 37.7 Å². The minimum absolute atomic E-state index is 0.00977. The lowest BCUT2D eigenvalue weighted by Gasteiger charge is -2.25. The molecule has 3 amide bonds. The Bertz CT molecular complexity index is 1430. The number of aromatic amines is 2. The second-order valence-electron chi connectivity index (χ2n) is 10.5. The number of aromatic nitrogens is 3. The van der Waals surface area contributed by atoms with Crippen LogP contribution in [-0.2, 0) is 32.0 Å². The van der Waals surface area contributed by atoms with Crippen molar-refractivity contribution < 1.29 is 24.3 Å². The fourth-order valence-corrected chi connectivity index (χ4v) is 5.04. The number of imidazole rings is 1. The quantitative estimate of drug-likeness (QED) is 0.0595. The minimum atomic E-state index is -1.24. The number of benzene rings is 1. The van der Waals surface area contributed by atoms with Crippen molar-refractivity contribution in [2.45, 2.75) is 62.7 Å². The second kappa shape index (κ2) is 14.8. The Balaban J connectivity index is 1.52. The first-order chi connectivity index (χ1) is 20.7. The number of H-pyrrole nitrogens is 2. The van der Waals surface area contributed by atoms with Crippen molar-refractivity contribution >= 4 is 40.6 Å². The standard InChI is InChI=1S/C28H38N10O5/c29-28(30)33-10-4-8-21(27(42)43)36-26(41)23(12-17-14-31-15-35-17)38-25(40)22(37-24(39)20-7-3-9-32-20)11-16-13-34-19-6-2-1-5-18(16)19/h1-2,5-6,13-15,20-23,32,34H,3-4,7-12H2,(H,31,35)(H,36,41)(H,37,39)(H,38,40)(H,42,43)(H4,29,30,33). The topological polar surface area (TPSA) is 245 Å². The minimum Gasteiger partial charge on any atom is -0.480 e. The molecule has 0 spiro atoms.